The molecule has 218 valence electrons. The van der Waals surface area contributed by atoms with Crippen molar-refractivity contribution in [2.75, 3.05) is 18.9 Å². The molecule has 0 aromatic carbocycles. The van der Waals surface area contributed by atoms with Gasteiger partial charge < -0.3 is 23.9 Å². The summed E-state index contributed by atoms with van der Waals surface area (Å²) in [5.41, 5.74) is 5.99. The summed E-state index contributed by atoms with van der Waals surface area (Å²) >= 11 is 0. The molecule has 2 unspecified atom stereocenters. The summed E-state index contributed by atoms with van der Waals surface area (Å²) in [5, 5.41) is 9.03. The van der Waals surface area contributed by atoms with Gasteiger partial charge in [0.15, 0.2) is 19.5 Å². The van der Waals surface area contributed by atoms with E-state index in [1.165, 1.54) is 0 Å². The summed E-state index contributed by atoms with van der Waals surface area (Å²) < 4.78 is 29.8. The fourth-order valence-corrected chi connectivity index (χ4v) is 7.28. The summed E-state index contributed by atoms with van der Waals surface area (Å²) in [6, 6.07) is 2.50. The molecule has 12 nitrogen and oxygen atoms in total. The predicted molar refractivity (Wildman–Crippen MR) is 154 cm³/mol. The summed E-state index contributed by atoms with van der Waals surface area (Å²) in [4.78, 5) is 23.4. The quantitative estimate of drug-likeness (QED) is 0.205. The average Bonchev–Trinajstić information content (AvgIpc) is 3.39. The molecule has 14 heteroatoms. The van der Waals surface area contributed by atoms with Crippen molar-refractivity contribution in [1.29, 1.82) is 5.26 Å². The Morgan fingerprint density at radius 2 is 1.97 bits per heavy atom. The molecule has 0 saturated carbocycles. The topological polar surface area (TPSA) is 154 Å². The molecule has 39 heavy (non-hydrogen) atoms. The molecule has 1 aliphatic heterocycles. The Kier molecular flexibility index (Phi) is 10.3. The SMILES string of the molecule is CC(C)N(C(C)C)P(OCCC#N)OC[C@H]1O[C@@H](n2cnc3c(=O)[nH]c(N)nc32)CC1O[Si](C)(C)C(C)(C)C. The van der Waals surface area contributed by atoms with Crippen molar-refractivity contribution in [3.05, 3.63) is 16.7 Å². The lowest BCUT2D eigenvalue weighted by Gasteiger charge is -2.40. The maximum absolute atomic E-state index is 12.3. The Morgan fingerprint density at radius 3 is 2.56 bits per heavy atom. The van der Waals surface area contributed by atoms with E-state index in [0.29, 0.717) is 18.7 Å². The number of hydrogen-bond donors (Lipinski definition) is 2. The molecule has 0 spiro atoms. The lowest BCUT2D eigenvalue weighted by Crippen LogP contribution is -2.46. The molecule has 1 fully saturated rings. The van der Waals surface area contributed by atoms with Crippen LogP contribution in [0.15, 0.2) is 11.1 Å². The summed E-state index contributed by atoms with van der Waals surface area (Å²) in [5.74, 6) is 0.0174. The van der Waals surface area contributed by atoms with E-state index in [1.54, 1.807) is 10.9 Å². The number of aromatic amines is 1. The van der Waals surface area contributed by atoms with Crippen LogP contribution in [0.3, 0.4) is 0 Å². The van der Waals surface area contributed by atoms with E-state index in [0.717, 1.165) is 0 Å². The Morgan fingerprint density at radius 1 is 1.31 bits per heavy atom. The number of anilines is 1. The molecule has 0 aliphatic carbocycles. The van der Waals surface area contributed by atoms with Crippen LogP contribution in [0, 0.1) is 11.3 Å². The van der Waals surface area contributed by atoms with Gasteiger partial charge in [-0.3, -0.25) is 14.3 Å². The number of nitrogens with two attached hydrogens (primary N) is 1. The van der Waals surface area contributed by atoms with E-state index in [2.05, 4.69) is 87.3 Å². The van der Waals surface area contributed by atoms with Gasteiger partial charge in [0.25, 0.3) is 14.1 Å². The van der Waals surface area contributed by atoms with Crippen LogP contribution < -0.4 is 11.3 Å². The number of nitrogens with zero attached hydrogens (tertiary/aromatic N) is 5. The number of hydrogen-bond acceptors (Lipinski definition) is 10. The molecule has 3 heterocycles. The number of nitrogens with one attached hydrogen (secondary N) is 1. The standard InChI is InChI=1S/C25H44N7O5PSi/c1-16(2)32(17(3)4)38(34-12-10-11-26)35-14-19-18(37-39(8,9)25(5,6)7)13-20(36-19)31-15-28-21-22(31)29-24(27)30-23(21)33/h15-20H,10,12-14H2,1-9H3,(H3,27,29,30,33)/t18?,19-,20-,38?/m1/s1. The van der Waals surface area contributed by atoms with E-state index in [4.69, 9.17) is 29.2 Å². The molecule has 3 rings (SSSR count). The smallest absolute Gasteiger partial charge is 0.280 e. The predicted octanol–water partition coefficient (Wildman–Crippen LogP) is 4.67. The Labute approximate surface area is 233 Å². The first-order chi connectivity index (χ1) is 18.2. The van der Waals surface area contributed by atoms with Crippen molar-refractivity contribution in [2.24, 2.45) is 0 Å². The number of fused-ring (bicyclic) bond motifs is 1. The van der Waals surface area contributed by atoms with E-state index in [9.17, 15) is 4.79 Å². The molecule has 4 atom stereocenters. The maximum atomic E-state index is 12.3. The van der Waals surface area contributed by atoms with Gasteiger partial charge in [0.05, 0.1) is 38.1 Å². The van der Waals surface area contributed by atoms with Gasteiger partial charge in [0.1, 0.15) is 12.3 Å². The van der Waals surface area contributed by atoms with Crippen molar-refractivity contribution in [3.8, 4) is 6.07 Å². The summed E-state index contributed by atoms with van der Waals surface area (Å²) in [7, 11) is -3.60. The first-order valence-corrected chi connectivity index (χ1v) is 17.5. The minimum Gasteiger partial charge on any atom is -0.411 e. The first-order valence-electron chi connectivity index (χ1n) is 13.4. The van der Waals surface area contributed by atoms with Gasteiger partial charge in [-0.05, 0) is 45.8 Å². The highest BCUT2D eigenvalue weighted by molar-refractivity contribution is 7.44. The second kappa shape index (κ2) is 12.7. The maximum Gasteiger partial charge on any atom is 0.280 e. The highest BCUT2D eigenvalue weighted by atomic mass is 31.2. The fraction of sp³-hybridized carbons (Fsp3) is 0.760. The van der Waals surface area contributed by atoms with Crippen molar-refractivity contribution < 1.29 is 18.2 Å². The number of H-pyrrole nitrogens is 1. The minimum absolute atomic E-state index is 0.000600. The third kappa shape index (κ3) is 7.44. The van der Waals surface area contributed by atoms with Crippen LogP contribution in [-0.4, -0.2) is 70.0 Å². The molecule has 0 radical (unpaired) electrons. The van der Waals surface area contributed by atoms with E-state index < -0.39 is 34.7 Å². The zero-order valence-corrected chi connectivity index (χ0v) is 26.5. The zero-order chi connectivity index (χ0) is 29.1. The van der Waals surface area contributed by atoms with Crippen molar-refractivity contribution in [2.45, 2.75) is 110 Å². The number of imidazole rings is 1. The molecule has 0 amide bonds. The monoisotopic (exact) mass is 581 g/mol. The van der Waals surface area contributed by atoms with Crippen molar-refractivity contribution in [1.82, 2.24) is 24.2 Å². The fourth-order valence-electron chi connectivity index (χ4n) is 4.30. The molecular weight excluding hydrogens is 537 g/mol. The summed E-state index contributed by atoms with van der Waals surface area (Å²) in [6.07, 6.45) is 1.26. The largest absolute Gasteiger partial charge is 0.411 e. The molecule has 3 N–H and O–H groups in total. The molecule has 2 aromatic heterocycles. The van der Waals surface area contributed by atoms with Crippen LogP contribution in [0.25, 0.3) is 11.2 Å². The van der Waals surface area contributed by atoms with Crippen LogP contribution >= 0.6 is 8.53 Å². The second-order valence-corrected chi connectivity index (χ2v) is 18.1. The Balaban J connectivity index is 1.89. The van der Waals surface area contributed by atoms with Crippen LogP contribution in [0.2, 0.25) is 18.1 Å². The molecule has 0 bridgehead atoms. The summed E-state index contributed by atoms with van der Waals surface area (Å²) in [6.45, 7) is 20.0. The Hall–Kier alpha value is -1.91. The normalized spacial score (nSPS) is 21.4. The minimum atomic E-state index is -2.16. The molecular formula is C25H44N7O5PSi. The van der Waals surface area contributed by atoms with Gasteiger partial charge in [0.2, 0.25) is 5.95 Å². The van der Waals surface area contributed by atoms with Gasteiger partial charge >= 0.3 is 0 Å². The zero-order valence-electron chi connectivity index (χ0n) is 24.6. The average molecular weight is 582 g/mol. The highest BCUT2D eigenvalue weighted by Crippen LogP contribution is 2.48. The van der Waals surface area contributed by atoms with Gasteiger partial charge in [-0.15, -0.1) is 0 Å². The van der Waals surface area contributed by atoms with Gasteiger partial charge in [0, 0.05) is 18.5 Å². The molecule has 1 saturated heterocycles. The number of nitrogen functional groups attached to an aromatic ring is 1. The van der Waals surface area contributed by atoms with Gasteiger partial charge in [-0.25, -0.2) is 9.65 Å². The molecule has 1 aliphatic rings. The Bertz CT molecular complexity index is 1200. The number of ether oxygens (including phenoxy) is 1. The van der Waals surface area contributed by atoms with Crippen molar-refractivity contribution in [3.63, 3.8) is 0 Å². The van der Waals surface area contributed by atoms with E-state index in [-0.39, 0.29) is 47.7 Å². The second-order valence-electron chi connectivity index (χ2n) is 11.9. The van der Waals surface area contributed by atoms with Crippen molar-refractivity contribution >= 4 is 34.0 Å². The van der Waals surface area contributed by atoms with Crippen LogP contribution in [0.4, 0.5) is 5.95 Å². The van der Waals surface area contributed by atoms with Gasteiger partial charge in [-0.1, -0.05) is 20.8 Å². The lowest BCUT2D eigenvalue weighted by atomic mass is 10.2. The van der Waals surface area contributed by atoms with Crippen LogP contribution in [-0.2, 0) is 18.2 Å². The van der Waals surface area contributed by atoms with E-state index >= 15 is 0 Å². The number of aromatic nitrogens is 4. The van der Waals surface area contributed by atoms with Gasteiger partial charge in [-0.2, -0.15) is 10.2 Å². The van der Waals surface area contributed by atoms with Crippen LogP contribution in [0.5, 0.6) is 0 Å². The van der Waals surface area contributed by atoms with Crippen LogP contribution in [0.1, 0.15) is 67.5 Å². The number of rotatable bonds is 12. The highest BCUT2D eigenvalue weighted by Gasteiger charge is 2.46. The molecule has 2 aromatic rings. The third-order valence-corrected chi connectivity index (χ3v) is 13.8. The van der Waals surface area contributed by atoms with E-state index in [1.807, 2.05) is 0 Å². The lowest BCUT2D eigenvalue weighted by molar-refractivity contribution is -0.0385. The first kappa shape index (κ1) is 31.6. The number of nitriles is 1. The third-order valence-electron chi connectivity index (χ3n) is 7.21.